The van der Waals surface area contributed by atoms with E-state index in [1.165, 1.54) is 16.4 Å². The first kappa shape index (κ1) is 14.9. The molecule has 0 radical (unpaired) electrons. The molecule has 7 heteroatoms. The summed E-state index contributed by atoms with van der Waals surface area (Å²) in [6.07, 6.45) is -0.625. The first-order valence-corrected chi connectivity index (χ1v) is 8.54. The van der Waals surface area contributed by atoms with Gasteiger partial charge in [0.25, 0.3) is 0 Å². The number of aliphatic hydroxyl groups excluding tert-OH is 1. The second kappa shape index (κ2) is 6.32. The van der Waals surface area contributed by atoms with Gasteiger partial charge in [-0.25, -0.2) is 8.42 Å². The summed E-state index contributed by atoms with van der Waals surface area (Å²) in [6.45, 7) is 1.63. The van der Waals surface area contributed by atoms with Crippen LogP contribution in [0.2, 0.25) is 0 Å². The standard InChI is InChI=1S/C12H16BrNO4S/c13-9-12(15)10-1-3-11(4-2-10)19(16,17)14-5-7-18-8-6-14/h1-4,12,15H,5-9H2. The number of benzene rings is 1. The number of morpholine rings is 1. The highest BCUT2D eigenvalue weighted by molar-refractivity contribution is 9.09. The predicted molar refractivity (Wildman–Crippen MR) is 74.8 cm³/mol. The predicted octanol–water partition coefficient (Wildman–Crippen LogP) is 1.14. The molecule has 1 unspecified atom stereocenters. The van der Waals surface area contributed by atoms with Crippen molar-refractivity contribution >= 4 is 26.0 Å². The van der Waals surface area contributed by atoms with Crippen molar-refractivity contribution in [2.24, 2.45) is 0 Å². The molecule has 1 N–H and O–H groups in total. The van der Waals surface area contributed by atoms with Gasteiger partial charge in [0, 0.05) is 18.4 Å². The zero-order chi connectivity index (χ0) is 13.9. The molecule has 0 bridgehead atoms. The van der Waals surface area contributed by atoms with Gasteiger partial charge in [0.1, 0.15) is 0 Å². The minimum Gasteiger partial charge on any atom is -0.388 e. The van der Waals surface area contributed by atoms with Crippen LogP contribution in [-0.2, 0) is 14.8 Å². The number of ether oxygens (including phenoxy) is 1. The van der Waals surface area contributed by atoms with Gasteiger partial charge in [-0.1, -0.05) is 28.1 Å². The minimum atomic E-state index is -3.45. The Kier molecular flexibility index (Phi) is 4.97. The van der Waals surface area contributed by atoms with Crippen molar-refractivity contribution in [2.75, 3.05) is 31.6 Å². The van der Waals surface area contributed by atoms with E-state index in [1.807, 2.05) is 0 Å². The summed E-state index contributed by atoms with van der Waals surface area (Å²) in [5.74, 6) is 0. The molecule has 1 aliphatic heterocycles. The van der Waals surface area contributed by atoms with E-state index >= 15 is 0 Å². The lowest BCUT2D eigenvalue weighted by Gasteiger charge is -2.26. The molecule has 0 aliphatic carbocycles. The number of hydrogen-bond donors (Lipinski definition) is 1. The third kappa shape index (κ3) is 3.35. The molecule has 1 saturated heterocycles. The zero-order valence-corrected chi connectivity index (χ0v) is 12.7. The Hall–Kier alpha value is -0.470. The zero-order valence-electron chi connectivity index (χ0n) is 10.3. The molecule has 0 amide bonds. The van der Waals surface area contributed by atoms with Crippen LogP contribution in [0.4, 0.5) is 0 Å². The third-order valence-electron chi connectivity index (χ3n) is 3.02. The molecule has 1 heterocycles. The Morgan fingerprint density at radius 3 is 2.37 bits per heavy atom. The van der Waals surface area contributed by atoms with E-state index in [9.17, 15) is 13.5 Å². The maximum atomic E-state index is 12.3. The monoisotopic (exact) mass is 349 g/mol. The van der Waals surface area contributed by atoms with Gasteiger partial charge in [0.05, 0.1) is 24.2 Å². The SMILES string of the molecule is O=S(=O)(c1ccc(C(O)CBr)cc1)N1CCOCC1. The van der Waals surface area contributed by atoms with Crippen LogP contribution in [0, 0.1) is 0 Å². The lowest BCUT2D eigenvalue weighted by molar-refractivity contribution is 0.0730. The van der Waals surface area contributed by atoms with E-state index in [4.69, 9.17) is 4.74 Å². The van der Waals surface area contributed by atoms with Crippen molar-refractivity contribution < 1.29 is 18.3 Å². The van der Waals surface area contributed by atoms with Crippen molar-refractivity contribution in [3.05, 3.63) is 29.8 Å². The number of nitrogens with zero attached hydrogens (tertiary/aromatic N) is 1. The van der Waals surface area contributed by atoms with Gasteiger partial charge in [-0.15, -0.1) is 0 Å². The highest BCUT2D eigenvalue weighted by Crippen LogP contribution is 2.21. The molecule has 1 aromatic rings. The molecular formula is C12H16BrNO4S. The summed E-state index contributed by atoms with van der Waals surface area (Å²) < 4.78 is 31.2. The summed E-state index contributed by atoms with van der Waals surface area (Å²) in [5, 5.41) is 10.1. The summed E-state index contributed by atoms with van der Waals surface area (Å²) >= 11 is 3.18. The van der Waals surface area contributed by atoms with Crippen LogP contribution < -0.4 is 0 Å². The van der Waals surface area contributed by atoms with Crippen LogP contribution in [0.25, 0.3) is 0 Å². The second-order valence-corrected chi connectivity index (χ2v) is 6.84. The fourth-order valence-electron chi connectivity index (χ4n) is 1.89. The van der Waals surface area contributed by atoms with Crippen LogP contribution in [0.3, 0.4) is 0 Å². The van der Waals surface area contributed by atoms with Gasteiger partial charge >= 0.3 is 0 Å². The maximum Gasteiger partial charge on any atom is 0.243 e. The molecule has 19 heavy (non-hydrogen) atoms. The van der Waals surface area contributed by atoms with Gasteiger partial charge in [-0.2, -0.15) is 4.31 Å². The Labute approximate surface area is 121 Å². The average Bonchev–Trinajstić information content (AvgIpc) is 2.47. The highest BCUT2D eigenvalue weighted by atomic mass is 79.9. The molecule has 1 aliphatic rings. The first-order chi connectivity index (χ1) is 9.05. The number of rotatable bonds is 4. The number of hydrogen-bond acceptors (Lipinski definition) is 4. The molecule has 0 saturated carbocycles. The normalized spacial score (nSPS) is 19.3. The van der Waals surface area contributed by atoms with Crippen molar-refractivity contribution in [3.63, 3.8) is 0 Å². The van der Waals surface area contributed by atoms with Crippen LogP contribution in [0.5, 0.6) is 0 Å². The van der Waals surface area contributed by atoms with Gasteiger partial charge in [-0.05, 0) is 17.7 Å². The maximum absolute atomic E-state index is 12.3. The van der Waals surface area contributed by atoms with E-state index in [0.29, 0.717) is 37.2 Å². The van der Waals surface area contributed by atoms with E-state index in [2.05, 4.69) is 15.9 Å². The Bertz CT molecular complexity index is 511. The van der Waals surface area contributed by atoms with Gasteiger partial charge < -0.3 is 9.84 Å². The van der Waals surface area contributed by atoms with Crippen LogP contribution in [-0.4, -0.2) is 49.5 Å². The number of sulfonamides is 1. The fourth-order valence-corrected chi connectivity index (χ4v) is 3.67. The molecule has 1 aromatic carbocycles. The largest absolute Gasteiger partial charge is 0.388 e. The van der Waals surface area contributed by atoms with E-state index in [1.54, 1.807) is 12.1 Å². The number of alkyl halides is 1. The fraction of sp³-hybridized carbons (Fsp3) is 0.500. The number of halogens is 1. The van der Waals surface area contributed by atoms with E-state index in [-0.39, 0.29) is 4.90 Å². The van der Waals surface area contributed by atoms with Crippen LogP contribution >= 0.6 is 15.9 Å². The summed E-state index contributed by atoms with van der Waals surface area (Å²) in [7, 11) is -3.45. The topological polar surface area (TPSA) is 66.8 Å². The smallest absolute Gasteiger partial charge is 0.243 e. The third-order valence-corrected chi connectivity index (χ3v) is 5.55. The van der Waals surface area contributed by atoms with Gasteiger partial charge in [0.15, 0.2) is 0 Å². The van der Waals surface area contributed by atoms with Gasteiger partial charge in [0.2, 0.25) is 10.0 Å². The molecule has 1 fully saturated rings. The molecule has 1 atom stereocenters. The molecule has 5 nitrogen and oxygen atoms in total. The summed E-state index contributed by atoms with van der Waals surface area (Å²) in [4.78, 5) is 0.250. The average molecular weight is 350 g/mol. The second-order valence-electron chi connectivity index (χ2n) is 4.26. The summed E-state index contributed by atoms with van der Waals surface area (Å²) in [6, 6.07) is 6.34. The van der Waals surface area contributed by atoms with Crippen molar-refractivity contribution in [1.82, 2.24) is 4.31 Å². The van der Waals surface area contributed by atoms with E-state index in [0.717, 1.165) is 0 Å². The lowest BCUT2D eigenvalue weighted by Crippen LogP contribution is -2.40. The van der Waals surface area contributed by atoms with Crippen LogP contribution in [0.15, 0.2) is 29.2 Å². The molecule has 0 aromatic heterocycles. The quantitative estimate of drug-likeness (QED) is 0.827. The molecular weight excluding hydrogens is 334 g/mol. The first-order valence-electron chi connectivity index (χ1n) is 5.97. The highest BCUT2D eigenvalue weighted by Gasteiger charge is 2.26. The van der Waals surface area contributed by atoms with Crippen molar-refractivity contribution in [1.29, 1.82) is 0 Å². The van der Waals surface area contributed by atoms with Crippen LogP contribution in [0.1, 0.15) is 11.7 Å². The van der Waals surface area contributed by atoms with Crippen molar-refractivity contribution in [2.45, 2.75) is 11.0 Å². The lowest BCUT2D eigenvalue weighted by atomic mass is 10.1. The molecule has 0 spiro atoms. The molecule has 2 rings (SSSR count). The van der Waals surface area contributed by atoms with Gasteiger partial charge in [-0.3, -0.25) is 0 Å². The van der Waals surface area contributed by atoms with E-state index < -0.39 is 16.1 Å². The Morgan fingerprint density at radius 2 is 1.84 bits per heavy atom. The van der Waals surface area contributed by atoms with Crippen molar-refractivity contribution in [3.8, 4) is 0 Å². The Morgan fingerprint density at radius 1 is 1.26 bits per heavy atom. The number of aliphatic hydroxyl groups is 1. The minimum absolute atomic E-state index is 0.250. The molecule has 106 valence electrons. The summed E-state index contributed by atoms with van der Waals surface area (Å²) in [5.41, 5.74) is 0.692. The Balaban J connectivity index is 2.21.